The van der Waals surface area contributed by atoms with Crippen molar-refractivity contribution in [2.24, 2.45) is 5.92 Å². The first-order valence-corrected chi connectivity index (χ1v) is 6.03. The molecule has 0 aliphatic carbocycles. The van der Waals surface area contributed by atoms with Gasteiger partial charge in [-0.25, -0.2) is 8.78 Å². The van der Waals surface area contributed by atoms with E-state index in [1.165, 1.54) is 18.2 Å². The van der Waals surface area contributed by atoms with Crippen LogP contribution in [0, 0.1) is 17.6 Å². The van der Waals surface area contributed by atoms with Gasteiger partial charge in [-0.1, -0.05) is 19.9 Å². The van der Waals surface area contributed by atoms with Gasteiger partial charge < -0.3 is 0 Å². The molecule has 0 nitrogen and oxygen atoms in total. The zero-order valence-electron chi connectivity index (χ0n) is 9.64. The van der Waals surface area contributed by atoms with Crippen LogP contribution in [0.3, 0.4) is 0 Å². The summed E-state index contributed by atoms with van der Waals surface area (Å²) in [6.07, 6.45) is 1.91. The first-order chi connectivity index (χ1) is 7.52. The van der Waals surface area contributed by atoms with Gasteiger partial charge in [-0.15, -0.1) is 11.6 Å². The predicted octanol–water partition coefficient (Wildman–Crippen LogP) is 4.55. The summed E-state index contributed by atoms with van der Waals surface area (Å²) < 4.78 is 26.5. The number of rotatable bonds is 5. The molecule has 1 rings (SSSR count). The largest absolute Gasteiger partial charge is 0.207 e. The topological polar surface area (TPSA) is 0 Å². The molecule has 1 unspecified atom stereocenters. The minimum Gasteiger partial charge on any atom is -0.207 e. The Bertz CT molecular complexity index is 316. The van der Waals surface area contributed by atoms with E-state index in [-0.39, 0.29) is 10.9 Å². The summed E-state index contributed by atoms with van der Waals surface area (Å²) in [5, 5.41) is 0.0786. The van der Waals surface area contributed by atoms with Crippen LogP contribution in [0.4, 0.5) is 8.78 Å². The van der Waals surface area contributed by atoms with Crippen LogP contribution in [0.2, 0.25) is 0 Å². The Balaban J connectivity index is 2.49. The van der Waals surface area contributed by atoms with Crippen molar-refractivity contribution >= 4 is 11.6 Å². The van der Waals surface area contributed by atoms with E-state index in [9.17, 15) is 8.78 Å². The van der Waals surface area contributed by atoms with E-state index >= 15 is 0 Å². The molecule has 0 aromatic heterocycles. The van der Waals surface area contributed by atoms with E-state index in [2.05, 4.69) is 0 Å². The van der Waals surface area contributed by atoms with Crippen molar-refractivity contribution in [3.05, 3.63) is 35.4 Å². The molecule has 0 bridgehead atoms. The van der Waals surface area contributed by atoms with E-state index in [1.807, 2.05) is 13.8 Å². The summed E-state index contributed by atoms with van der Waals surface area (Å²) in [5.41, 5.74) is 0.176. The summed E-state index contributed by atoms with van der Waals surface area (Å²) in [5.74, 6) is -0.529. The number of hydrogen-bond donors (Lipinski definition) is 0. The maximum Gasteiger partial charge on any atom is 0.129 e. The van der Waals surface area contributed by atoms with Crippen molar-refractivity contribution < 1.29 is 8.78 Å². The third kappa shape index (κ3) is 3.75. The van der Waals surface area contributed by atoms with E-state index in [4.69, 9.17) is 11.6 Å². The molecule has 0 saturated heterocycles. The molecular formula is C13H17ClF2. The molecule has 16 heavy (non-hydrogen) atoms. The van der Waals surface area contributed by atoms with E-state index in [0.29, 0.717) is 18.8 Å². The average Bonchev–Trinajstić information content (AvgIpc) is 2.22. The third-order valence-electron chi connectivity index (χ3n) is 2.69. The molecule has 1 aromatic rings. The molecule has 0 heterocycles. The predicted molar refractivity (Wildman–Crippen MR) is 63.8 cm³/mol. The van der Waals surface area contributed by atoms with Crippen LogP contribution in [0.25, 0.3) is 0 Å². The zero-order valence-corrected chi connectivity index (χ0v) is 10.4. The number of hydrogen-bond acceptors (Lipinski definition) is 0. The number of halogens is 3. The summed E-state index contributed by atoms with van der Waals surface area (Å²) in [6.45, 7) is 4.09. The minimum absolute atomic E-state index is 0.0786. The normalized spacial score (nSPS) is 13.1. The zero-order chi connectivity index (χ0) is 12.1. The average molecular weight is 247 g/mol. The van der Waals surface area contributed by atoms with Crippen LogP contribution < -0.4 is 0 Å². The second-order valence-electron chi connectivity index (χ2n) is 4.35. The SMILES string of the molecule is CC(C)C(Cl)CCCc1c(F)cccc1F. The molecule has 0 N–H and O–H groups in total. The Hall–Kier alpha value is -0.630. The Morgan fingerprint density at radius 2 is 1.75 bits per heavy atom. The lowest BCUT2D eigenvalue weighted by molar-refractivity contribution is 0.521. The standard InChI is InChI=1S/C13H17ClF2/c1-9(2)11(14)6-3-5-10-12(15)7-4-8-13(10)16/h4,7-9,11H,3,5-6H2,1-2H3. The first kappa shape index (κ1) is 13.4. The lowest BCUT2D eigenvalue weighted by Gasteiger charge is -2.13. The van der Waals surface area contributed by atoms with E-state index < -0.39 is 11.6 Å². The molecule has 0 aliphatic heterocycles. The minimum atomic E-state index is -0.462. The maximum atomic E-state index is 13.3. The highest BCUT2D eigenvalue weighted by molar-refractivity contribution is 6.20. The molecule has 3 heteroatoms. The lowest BCUT2D eigenvalue weighted by atomic mass is 10.0. The van der Waals surface area contributed by atoms with Gasteiger partial charge in [0.1, 0.15) is 11.6 Å². The van der Waals surface area contributed by atoms with Gasteiger partial charge in [-0.05, 0) is 37.3 Å². The van der Waals surface area contributed by atoms with Crippen molar-refractivity contribution in [1.82, 2.24) is 0 Å². The molecule has 0 radical (unpaired) electrons. The Morgan fingerprint density at radius 1 is 1.19 bits per heavy atom. The summed E-state index contributed by atoms with van der Waals surface area (Å²) in [6, 6.07) is 3.96. The van der Waals surface area contributed by atoms with Crippen LogP contribution >= 0.6 is 11.6 Å². The van der Waals surface area contributed by atoms with Crippen molar-refractivity contribution in [2.75, 3.05) is 0 Å². The highest BCUT2D eigenvalue weighted by Crippen LogP contribution is 2.19. The fourth-order valence-corrected chi connectivity index (χ4v) is 1.73. The number of alkyl halides is 1. The second-order valence-corrected chi connectivity index (χ2v) is 4.91. The summed E-state index contributed by atoms with van der Waals surface area (Å²) in [7, 11) is 0. The monoisotopic (exact) mass is 246 g/mol. The van der Waals surface area contributed by atoms with Crippen molar-refractivity contribution in [3.8, 4) is 0 Å². The molecule has 0 spiro atoms. The van der Waals surface area contributed by atoms with Gasteiger partial charge in [-0.2, -0.15) is 0 Å². The van der Waals surface area contributed by atoms with Gasteiger partial charge in [0.05, 0.1) is 0 Å². The Kier molecular flexibility index (Phi) is 5.20. The van der Waals surface area contributed by atoms with Gasteiger partial charge in [0, 0.05) is 10.9 Å². The molecule has 1 atom stereocenters. The van der Waals surface area contributed by atoms with Crippen LogP contribution in [-0.2, 0) is 6.42 Å². The molecular weight excluding hydrogens is 230 g/mol. The molecule has 90 valence electrons. The maximum absolute atomic E-state index is 13.3. The quantitative estimate of drug-likeness (QED) is 0.669. The van der Waals surface area contributed by atoms with Crippen molar-refractivity contribution in [3.63, 3.8) is 0 Å². The molecule has 0 fully saturated rings. The van der Waals surface area contributed by atoms with Crippen molar-refractivity contribution in [1.29, 1.82) is 0 Å². The van der Waals surface area contributed by atoms with E-state index in [0.717, 1.165) is 6.42 Å². The van der Waals surface area contributed by atoms with Crippen LogP contribution in [0.1, 0.15) is 32.3 Å². The fraction of sp³-hybridized carbons (Fsp3) is 0.538. The lowest BCUT2D eigenvalue weighted by Crippen LogP contribution is -2.08. The fourth-order valence-electron chi connectivity index (χ4n) is 1.58. The highest BCUT2D eigenvalue weighted by Gasteiger charge is 2.12. The number of benzene rings is 1. The Labute approximate surface area is 101 Å². The Morgan fingerprint density at radius 3 is 2.25 bits per heavy atom. The van der Waals surface area contributed by atoms with Crippen LogP contribution in [-0.4, -0.2) is 5.38 Å². The molecule has 0 aliphatic rings. The van der Waals surface area contributed by atoms with Crippen LogP contribution in [0.15, 0.2) is 18.2 Å². The van der Waals surface area contributed by atoms with Crippen molar-refractivity contribution in [2.45, 2.75) is 38.5 Å². The van der Waals surface area contributed by atoms with Gasteiger partial charge >= 0.3 is 0 Å². The third-order valence-corrected chi connectivity index (χ3v) is 3.41. The van der Waals surface area contributed by atoms with Gasteiger partial charge in [0.15, 0.2) is 0 Å². The summed E-state index contributed by atoms with van der Waals surface area (Å²) >= 11 is 6.07. The van der Waals surface area contributed by atoms with Gasteiger partial charge in [0.2, 0.25) is 0 Å². The highest BCUT2D eigenvalue weighted by atomic mass is 35.5. The van der Waals surface area contributed by atoms with Gasteiger partial charge in [0.25, 0.3) is 0 Å². The van der Waals surface area contributed by atoms with Gasteiger partial charge in [-0.3, -0.25) is 0 Å². The molecule has 0 amide bonds. The molecule has 1 aromatic carbocycles. The smallest absolute Gasteiger partial charge is 0.129 e. The first-order valence-electron chi connectivity index (χ1n) is 5.59. The van der Waals surface area contributed by atoms with E-state index in [1.54, 1.807) is 0 Å². The van der Waals surface area contributed by atoms with Crippen LogP contribution in [0.5, 0.6) is 0 Å². The second kappa shape index (κ2) is 6.19. The summed E-state index contributed by atoms with van der Waals surface area (Å²) in [4.78, 5) is 0. The molecule has 0 saturated carbocycles.